The van der Waals surface area contributed by atoms with E-state index in [2.05, 4.69) is 60.4 Å². The lowest BCUT2D eigenvalue weighted by molar-refractivity contribution is 0.0726. The van der Waals surface area contributed by atoms with Crippen molar-refractivity contribution >= 4 is 22.5 Å². The summed E-state index contributed by atoms with van der Waals surface area (Å²) in [7, 11) is 0. The van der Waals surface area contributed by atoms with Crippen LogP contribution < -0.4 is 15.6 Å². The molecule has 3 atom stereocenters. The third-order valence-corrected chi connectivity index (χ3v) is 6.89. The van der Waals surface area contributed by atoms with Crippen LogP contribution in [-0.2, 0) is 4.74 Å². The van der Waals surface area contributed by atoms with E-state index in [4.69, 9.17) is 15.5 Å². The van der Waals surface area contributed by atoms with Gasteiger partial charge in [0.15, 0.2) is 0 Å². The first-order valence-corrected chi connectivity index (χ1v) is 11.8. The second kappa shape index (κ2) is 8.31. The fourth-order valence-corrected chi connectivity index (χ4v) is 4.99. The standard InChI is InChI=1S/C28H27N4O2/c1-18-17-31(28(33)21-7-3-2-4-8-21)15-16-32(18)27-23-10-6-5-9-22(23)24(30-27)19-11-13-20(14-12-19)25-26(29)34-25/h2-14,18,25-26H,15-17,29H2,1H3/q-1/t18-,25?,26?/m1/s1. The molecule has 2 N–H and O–H groups in total. The molecule has 0 aliphatic carbocycles. The van der Waals surface area contributed by atoms with E-state index in [-0.39, 0.29) is 24.3 Å². The maximum Gasteiger partial charge on any atom is 0.253 e. The predicted octanol–water partition coefficient (Wildman–Crippen LogP) is 4.17. The lowest BCUT2D eigenvalue weighted by Crippen LogP contribution is -2.54. The summed E-state index contributed by atoms with van der Waals surface area (Å²) in [6.07, 6.45) is -0.186. The molecule has 0 saturated carbocycles. The molecule has 0 radical (unpaired) electrons. The summed E-state index contributed by atoms with van der Waals surface area (Å²) in [5, 5.41) is 2.28. The highest BCUT2D eigenvalue weighted by molar-refractivity contribution is 6.03. The smallest absolute Gasteiger partial charge is 0.253 e. The van der Waals surface area contributed by atoms with Gasteiger partial charge in [-0.3, -0.25) is 4.79 Å². The second-order valence-corrected chi connectivity index (χ2v) is 9.13. The highest BCUT2D eigenvalue weighted by Gasteiger charge is 2.36. The molecule has 2 aliphatic rings. The van der Waals surface area contributed by atoms with Crippen molar-refractivity contribution in [2.45, 2.75) is 25.3 Å². The minimum absolute atomic E-state index is 0.00437. The van der Waals surface area contributed by atoms with Gasteiger partial charge in [-0.2, -0.15) is 0 Å². The zero-order chi connectivity index (χ0) is 23.2. The molecular formula is C28H27N4O2-. The number of carbonyl (C=O) groups excluding carboxylic acids is 1. The summed E-state index contributed by atoms with van der Waals surface area (Å²) < 4.78 is 5.40. The number of benzene rings is 3. The Morgan fingerprint density at radius 1 is 0.941 bits per heavy atom. The first-order chi connectivity index (χ1) is 16.6. The first kappa shape index (κ1) is 21.0. The number of hydrogen-bond donors (Lipinski definition) is 1. The minimum Gasteiger partial charge on any atom is -0.462 e. The van der Waals surface area contributed by atoms with Gasteiger partial charge in [-0.15, -0.1) is 0 Å². The number of amides is 1. The normalized spacial score (nSPS) is 22.2. The number of fused-ring (bicyclic) bond motifs is 1. The molecule has 3 aromatic carbocycles. The van der Waals surface area contributed by atoms with Crippen LogP contribution in [0.2, 0.25) is 0 Å². The second-order valence-electron chi connectivity index (χ2n) is 9.13. The molecular weight excluding hydrogens is 424 g/mol. The number of epoxide rings is 1. The van der Waals surface area contributed by atoms with Crippen molar-refractivity contribution in [3.05, 3.63) is 90.0 Å². The Labute approximate surface area is 198 Å². The predicted molar refractivity (Wildman–Crippen MR) is 134 cm³/mol. The summed E-state index contributed by atoms with van der Waals surface area (Å²) in [5.41, 5.74) is 9.71. The fourth-order valence-electron chi connectivity index (χ4n) is 4.99. The van der Waals surface area contributed by atoms with Gasteiger partial charge in [-0.25, -0.2) is 0 Å². The number of nitrogens with two attached hydrogens (primary N) is 1. The van der Waals surface area contributed by atoms with E-state index < -0.39 is 0 Å². The van der Waals surface area contributed by atoms with Crippen LogP contribution in [0.5, 0.6) is 0 Å². The van der Waals surface area contributed by atoms with Crippen LogP contribution in [-0.4, -0.2) is 42.7 Å². The lowest BCUT2D eigenvalue weighted by atomic mass is 10.0. The van der Waals surface area contributed by atoms with E-state index >= 15 is 0 Å². The van der Waals surface area contributed by atoms with Gasteiger partial charge in [-0.05, 0) is 52.3 Å². The molecule has 6 nitrogen and oxygen atoms in total. The molecule has 34 heavy (non-hydrogen) atoms. The molecule has 172 valence electrons. The average Bonchev–Trinajstić information content (AvgIpc) is 3.49. The number of carbonyl (C=O) groups is 1. The lowest BCUT2D eigenvalue weighted by Gasteiger charge is -2.47. The van der Waals surface area contributed by atoms with Gasteiger partial charge in [-0.1, -0.05) is 79.5 Å². The number of ether oxygens (including phenoxy) is 1. The molecule has 2 fully saturated rings. The number of aromatic nitrogens is 1. The van der Waals surface area contributed by atoms with E-state index in [0.29, 0.717) is 13.1 Å². The van der Waals surface area contributed by atoms with Crippen molar-refractivity contribution in [2.75, 3.05) is 24.5 Å². The van der Waals surface area contributed by atoms with Crippen LogP contribution in [0.15, 0.2) is 78.9 Å². The molecule has 4 aromatic rings. The molecule has 2 saturated heterocycles. The molecule has 0 bridgehead atoms. The number of piperazine rings is 1. The molecule has 2 unspecified atom stereocenters. The van der Waals surface area contributed by atoms with Crippen LogP contribution in [0.4, 0.5) is 5.82 Å². The van der Waals surface area contributed by atoms with Crippen LogP contribution in [0, 0.1) is 0 Å². The largest absolute Gasteiger partial charge is 0.462 e. The van der Waals surface area contributed by atoms with Crippen LogP contribution in [0.3, 0.4) is 0 Å². The van der Waals surface area contributed by atoms with E-state index in [9.17, 15) is 4.79 Å². The molecule has 3 heterocycles. The van der Waals surface area contributed by atoms with Crippen molar-refractivity contribution in [1.82, 2.24) is 9.88 Å². The van der Waals surface area contributed by atoms with Crippen LogP contribution in [0.25, 0.3) is 22.0 Å². The van der Waals surface area contributed by atoms with E-state index in [1.54, 1.807) is 0 Å². The van der Waals surface area contributed by atoms with Crippen molar-refractivity contribution in [3.63, 3.8) is 0 Å². The highest BCUT2D eigenvalue weighted by atomic mass is 16.6. The molecule has 6 heteroatoms. The van der Waals surface area contributed by atoms with Crippen molar-refractivity contribution < 1.29 is 9.53 Å². The van der Waals surface area contributed by atoms with Gasteiger partial charge in [0.2, 0.25) is 0 Å². The zero-order valence-electron chi connectivity index (χ0n) is 19.1. The Balaban J connectivity index is 1.28. The van der Waals surface area contributed by atoms with E-state index in [1.807, 2.05) is 35.2 Å². The minimum atomic E-state index is -0.190. The highest BCUT2D eigenvalue weighted by Crippen LogP contribution is 2.38. The Bertz CT molecular complexity index is 1330. The van der Waals surface area contributed by atoms with Gasteiger partial charge < -0.3 is 25.3 Å². The summed E-state index contributed by atoms with van der Waals surface area (Å²) in [5.74, 6) is 1.08. The molecule has 1 aromatic heterocycles. The zero-order valence-corrected chi connectivity index (χ0v) is 19.1. The van der Waals surface area contributed by atoms with Crippen molar-refractivity contribution in [1.29, 1.82) is 0 Å². The average molecular weight is 452 g/mol. The maximum atomic E-state index is 13.0. The van der Waals surface area contributed by atoms with Crippen molar-refractivity contribution in [3.8, 4) is 11.3 Å². The summed E-state index contributed by atoms with van der Waals surface area (Å²) >= 11 is 0. The third kappa shape index (κ3) is 3.65. The Hall–Kier alpha value is -3.61. The Kier molecular flexibility index (Phi) is 5.12. The summed E-state index contributed by atoms with van der Waals surface area (Å²) in [6.45, 7) is 4.25. The maximum absolute atomic E-state index is 13.0. The topological polar surface area (TPSA) is 76.2 Å². The number of hydrogen-bond acceptors (Lipinski definition) is 4. The quantitative estimate of drug-likeness (QED) is 0.471. The van der Waals surface area contributed by atoms with Gasteiger partial charge >= 0.3 is 0 Å². The monoisotopic (exact) mass is 451 g/mol. The van der Waals surface area contributed by atoms with Crippen LogP contribution >= 0.6 is 0 Å². The molecule has 1 amide bonds. The third-order valence-electron chi connectivity index (χ3n) is 6.89. The van der Waals surface area contributed by atoms with Gasteiger partial charge in [0.05, 0.1) is 0 Å². The number of rotatable bonds is 4. The molecule has 6 rings (SSSR count). The van der Waals surface area contributed by atoms with Gasteiger partial charge in [0.1, 0.15) is 12.3 Å². The molecule has 2 aliphatic heterocycles. The first-order valence-electron chi connectivity index (χ1n) is 11.8. The summed E-state index contributed by atoms with van der Waals surface area (Å²) in [6, 6.07) is 26.4. The fraction of sp³-hybridized carbons (Fsp3) is 0.250. The van der Waals surface area contributed by atoms with Crippen molar-refractivity contribution in [2.24, 2.45) is 5.73 Å². The Morgan fingerprint density at radius 2 is 1.62 bits per heavy atom. The van der Waals surface area contributed by atoms with E-state index in [1.165, 1.54) is 0 Å². The van der Waals surface area contributed by atoms with Crippen LogP contribution in [0.1, 0.15) is 28.9 Å². The Morgan fingerprint density at radius 3 is 2.29 bits per heavy atom. The number of anilines is 1. The molecule has 0 spiro atoms. The SMILES string of the molecule is C[C@@H]1CN(C(=O)c2ccccc2)CCN1c1[n-]c(-c2ccc(C3OC3N)cc2)c2ccccc12. The van der Waals surface area contributed by atoms with E-state index in [0.717, 1.165) is 45.5 Å². The van der Waals surface area contributed by atoms with Gasteiger partial charge in [0, 0.05) is 18.7 Å². The number of nitrogens with zero attached hydrogens (tertiary/aromatic N) is 3. The summed E-state index contributed by atoms with van der Waals surface area (Å²) in [4.78, 5) is 22.4. The van der Waals surface area contributed by atoms with Gasteiger partial charge in [0.25, 0.3) is 5.91 Å².